The molecule has 0 saturated heterocycles. The smallest absolute Gasteiger partial charge is 0.118 e. The van der Waals surface area contributed by atoms with Gasteiger partial charge in [-0.05, 0) is 48.7 Å². The minimum Gasteiger partial charge on any atom is -0.497 e. The van der Waals surface area contributed by atoms with Crippen LogP contribution < -0.4 is 10.1 Å². The number of hydrogen-bond donors (Lipinski definition) is 1. The Balaban J connectivity index is 2.24. The summed E-state index contributed by atoms with van der Waals surface area (Å²) >= 11 is 12.5. The fourth-order valence-electron chi connectivity index (χ4n) is 2.20. The average molecular weight is 324 g/mol. The van der Waals surface area contributed by atoms with E-state index in [0.29, 0.717) is 10.0 Å². The van der Waals surface area contributed by atoms with E-state index in [-0.39, 0.29) is 6.04 Å². The first-order valence-corrected chi connectivity index (χ1v) is 7.67. The Morgan fingerprint density at radius 2 is 1.76 bits per heavy atom. The van der Waals surface area contributed by atoms with Crippen molar-refractivity contribution in [3.8, 4) is 5.75 Å². The summed E-state index contributed by atoms with van der Waals surface area (Å²) in [4.78, 5) is 0. The number of ether oxygens (including phenoxy) is 1. The van der Waals surface area contributed by atoms with Crippen LogP contribution in [0.5, 0.6) is 5.75 Å². The third kappa shape index (κ3) is 3.84. The third-order valence-electron chi connectivity index (χ3n) is 3.50. The standard InChI is InChI=1S/C17H19Cl2NO/c1-4-16(12-5-7-13(21-3)8-6-12)20-17-10-14(18)11(2)9-15(17)19/h5-10,16,20H,4H2,1-3H3. The van der Waals surface area contributed by atoms with Crippen molar-refractivity contribution in [1.82, 2.24) is 0 Å². The summed E-state index contributed by atoms with van der Waals surface area (Å²) in [5.41, 5.74) is 3.02. The molecule has 0 heterocycles. The van der Waals surface area contributed by atoms with Crippen LogP contribution in [0.2, 0.25) is 10.0 Å². The fourth-order valence-corrected chi connectivity index (χ4v) is 2.64. The molecule has 2 aromatic carbocycles. The minimum absolute atomic E-state index is 0.173. The second kappa shape index (κ2) is 7.06. The van der Waals surface area contributed by atoms with E-state index in [1.807, 2.05) is 31.2 Å². The SMILES string of the molecule is CCC(Nc1cc(Cl)c(C)cc1Cl)c1ccc(OC)cc1. The van der Waals surface area contributed by atoms with Gasteiger partial charge in [-0.2, -0.15) is 0 Å². The van der Waals surface area contributed by atoms with E-state index in [2.05, 4.69) is 24.4 Å². The van der Waals surface area contributed by atoms with Crippen LogP contribution in [0.4, 0.5) is 5.69 Å². The number of anilines is 1. The Hall–Kier alpha value is -1.38. The summed E-state index contributed by atoms with van der Waals surface area (Å²) in [5.74, 6) is 0.852. The molecular formula is C17H19Cl2NO. The molecule has 2 aromatic rings. The maximum Gasteiger partial charge on any atom is 0.118 e. The molecule has 2 nitrogen and oxygen atoms in total. The van der Waals surface area contributed by atoms with Crippen LogP contribution in [0, 0.1) is 6.92 Å². The van der Waals surface area contributed by atoms with Crippen LogP contribution in [-0.4, -0.2) is 7.11 Å². The Morgan fingerprint density at radius 1 is 1.10 bits per heavy atom. The summed E-state index contributed by atoms with van der Waals surface area (Å²) in [7, 11) is 1.67. The van der Waals surface area contributed by atoms with Crippen molar-refractivity contribution in [3.63, 3.8) is 0 Å². The zero-order valence-electron chi connectivity index (χ0n) is 12.4. The molecule has 1 N–H and O–H groups in total. The summed E-state index contributed by atoms with van der Waals surface area (Å²) in [6.45, 7) is 4.07. The lowest BCUT2D eigenvalue weighted by molar-refractivity contribution is 0.414. The summed E-state index contributed by atoms with van der Waals surface area (Å²) in [6, 6.07) is 12.0. The van der Waals surface area contributed by atoms with Gasteiger partial charge < -0.3 is 10.1 Å². The van der Waals surface area contributed by atoms with Gasteiger partial charge in [0, 0.05) is 5.02 Å². The Kier molecular flexibility index (Phi) is 5.38. The molecule has 21 heavy (non-hydrogen) atoms. The van der Waals surface area contributed by atoms with Crippen LogP contribution in [0.3, 0.4) is 0 Å². The second-order valence-electron chi connectivity index (χ2n) is 4.96. The highest BCUT2D eigenvalue weighted by molar-refractivity contribution is 6.35. The van der Waals surface area contributed by atoms with Gasteiger partial charge in [-0.15, -0.1) is 0 Å². The van der Waals surface area contributed by atoms with E-state index in [9.17, 15) is 0 Å². The van der Waals surface area contributed by atoms with E-state index in [4.69, 9.17) is 27.9 Å². The molecule has 0 aromatic heterocycles. The highest BCUT2D eigenvalue weighted by atomic mass is 35.5. The molecule has 2 rings (SSSR count). The highest BCUT2D eigenvalue weighted by Gasteiger charge is 2.12. The topological polar surface area (TPSA) is 21.3 Å². The van der Waals surface area contributed by atoms with E-state index in [1.54, 1.807) is 7.11 Å². The molecule has 112 valence electrons. The normalized spacial score (nSPS) is 12.0. The molecule has 0 spiro atoms. The Bertz CT molecular complexity index is 611. The average Bonchev–Trinajstić information content (AvgIpc) is 2.50. The van der Waals surface area contributed by atoms with E-state index in [1.165, 1.54) is 5.56 Å². The van der Waals surface area contributed by atoms with Gasteiger partial charge in [-0.3, -0.25) is 0 Å². The lowest BCUT2D eigenvalue weighted by atomic mass is 10.0. The molecule has 0 radical (unpaired) electrons. The number of benzene rings is 2. The molecule has 0 aliphatic heterocycles. The second-order valence-corrected chi connectivity index (χ2v) is 5.77. The van der Waals surface area contributed by atoms with Crippen LogP contribution in [-0.2, 0) is 0 Å². The largest absolute Gasteiger partial charge is 0.497 e. The lowest BCUT2D eigenvalue weighted by Crippen LogP contribution is -2.10. The predicted molar refractivity (Wildman–Crippen MR) is 90.8 cm³/mol. The molecule has 0 bridgehead atoms. The van der Waals surface area contributed by atoms with Crippen molar-refractivity contribution in [2.24, 2.45) is 0 Å². The molecule has 0 aliphatic rings. The monoisotopic (exact) mass is 323 g/mol. The Morgan fingerprint density at radius 3 is 2.33 bits per heavy atom. The summed E-state index contributed by atoms with van der Waals surface area (Å²) < 4.78 is 5.19. The van der Waals surface area contributed by atoms with Gasteiger partial charge in [-0.25, -0.2) is 0 Å². The van der Waals surface area contributed by atoms with E-state index in [0.717, 1.165) is 23.4 Å². The highest BCUT2D eigenvalue weighted by Crippen LogP contribution is 2.32. The first-order valence-electron chi connectivity index (χ1n) is 6.91. The predicted octanol–water partition coefficient (Wildman–Crippen LogP) is 5.87. The number of aryl methyl sites for hydroxylation is 1. The van der Waals surface area contributed by atoms with Crippen LogP contribution in [0.25, 0.3) is 0 Å². The van der Waals surface area contributed by atoms with Crippen molar-refractivity contribution in [1.29, 1.82) is 0 Å². The van der Waals surface area contributed by atoms with Gasteiger partial charge in [0.1, 0.15) is 5.75 Å². The van der Waals surface area contributed by atoms with Crippen molar-refractivity contribution < 1.29 is 4.74 Å². The maximum absolute atomic E-state index is 6.30. The number of rotatable bonds is 5. The lowest BCUT2D eigenvalue weighted by Gasteiger charge is -2.20. The van der Waals surface area contributed by atoms with Gasteiger partial charge in [0.15, 0.2) is 0 Å². The molecule has 4 heteroatoms. The number of nitrogens with one attached hydrogen (secondary N) is 1. The molecular weight excluding hydrogens is 305 g/mol. The van der Waals surface area contributed by atoms with Crippen molar-refractivity contribution in [2.45, 2.75) is 26.3 Å². The van der Waals surface area contributed by atoms with Gasteiger partial charge in [0.2, 0.25) is 0 Å². The van der Waals surface area contributed by atoms with Crippen molar-refractivity contribution in [3.05, 3.63) is 57.6 Å². The summed E-state index contributed by atoms with van der Waals surface area (Å²) in [5, 5.41) is 4.86. The molecule has 0 fully saturated rings. The maximum atomic E-state index is 6.30. The van der Waals surface area contributed by atoms with E-state index < -0.39 is 0 Å². The first kappa shape index (κ1) is 16.0. The molecule has 0 amide bonds. The van der Waals surface area contributed by atoms with Gasteiger partial charge >= 0.3 is 0 Å². The fraction of sp³-hybridized carbons (Fsp3) is 0.294. The minimum atomic E-state index is 0.173. The number of hydrogen-bond acceptors (Lipinski definition) is 2. The molecule has 1 atom stereocenters. The van der Waals surface area contributed by atoms with Crippen molar-refractivity contribution in [2.75, 3.05) is 12.4 Å². The van der Waals surface area contributed by atoms with Gasteiger partial charge in [0.25, 0.3) is 0 Å². The van der Waals surface area contributed by atoms with Crippen molar-refractivity contribution >= 4 is 28.9 Å². The van der Waals surface area contributed by atoms with Crippen LogP contribution in [0.15, 0.2) is 36.4 Å². The quantitative estimate of drug-likeness (QED) is 0.742. The van der Waals surface area contributed by atoms with Gasteiger partial charge in [-0.1, -0.05) is 42.3 Å². The first-order chi connectivity index (χ1) is 10.0. The van der Waals surface area contributed by atoms with Crippen LogP contribution >= 0.6 is 23.2 Å². The van der Waals surface area contributed by atoms with Gasteiger partial charge in [0.05, 0.1) is 23.9 Å². The zero-order chi connectivity index (χ0) is 15.4. The number of methoxy groups -OCH3 is 1. The zero-order valence-corrected chi connectivity index (χ0v) is 13.9. The molecule has 1 unspecified atom stereocenters. The molecule has 0 aliphatic carbocycles. The molecule has 0 saturated carbocycles. The third-order valence-corrected chi connectivity index (χ3v) is 4.22. The van der Waals surface area contributed by atoms with Crippen LogP contribution in [0.1, 0.15) is 30.5 Å². The van der Waals surface area contributed by atoms with E-state index >= 15 is 0 Å². The summed E-state index contributed by atoms with van der Waals surface area (Å²) in [6.07, 6.45) is 0.939. The Labute approximate surface area is 136 Å². The number of halogens is 2.